The Labute approximate surface area is 148 Å². The third-order valence-electron chi connectivity index (χ3n) is 4.01. The van der Waals surface area contributed by atoms with Crippen molar-refractivity contribution in [1.82, 2.24) is 10.2 Å². The Bertz CT molecular complexity index is 560. The minimum atomic E-state index is -0.128. The molecule has 1 aliphatic heterocycles. The summed E-state index contributed by atoms with van der Waals surface area (Å²) < 4.78 is 5.50. The number of hydrogen-bond acceptors (Lipinski definition) is 3. The molecule has 0 spiro atoms. The van der Waals surface area contributed by atoms with Gasteiger partial charge in [0.05, 0.1) is 5.92 Å². The third-order valence-corrected chi connectivity index (χ3v) is 4.26. The molecule has 5 nitrogen and oxygen atoms in total. The molecule has 1 aromatic carbocycles. The number of halogens is 1. The number of carbonyl (C=O) groups is 2. The zero-order chi connectivity index (χ0) is 17.5. The number of piperidine rings is 1. The molecule has 24 heavy (non-hydrogen) atoms. The van der Waals surface area contributed by atoms with Gasteiger partial charge < -0.3 is 15.0 Å². The zero-order valence-corrected chi connectivity index (χ0v) is 15.0. The lowest BCUT2D eigenvalue weighted by Gasteiger charge is -2.32. The van der Waals surface area contributed by atoms with E-state index in [-0.39, 0.29) is 24.3 Å². The summed E-state index contributed by atoms with van der Waals surface area (Å²) in [5.74, 6) is 0.849. The number of rotatable bonds is 6. The van der Waals surface area contributed by atoms with Crippen molar-refractivity contribution in [3.05, 3.63) is 29.3 Å². The van der Waals surface area contributed by atoms with Gasteiger partial charge in [-0.3, -0.25) is 9.59 Å². The van der Waals surface area contributed by atoms with Crippen LogP contribution in [-0.2, 0) is 9.59 Å². The molecule has 0 radical (unpaired) electrons. The highest BCUT2D eigenvalue weighted by atomic mass is 35.5. The van der Waals surface area contributed by atoms with E-state index in [1.807, 2.05) is 0 Å². The summed E-state index contributed by atoms with van der Waals surface area (Å²) in [5.41, 5.74) is 0. The Morgan fingerprint density at radius 3 is 2.71 bits per heavy atom. The summed E-state index contributed by atoms with van der Waals surface area (Å²) in [4.78, 5) is 26.2. The van der Waals surface area contributed by atoms with Crippen molar-refractivity contribution in [2.45, 2.75) is 26.7 Å². The lowest BCUT2D eigenvalue weighted by atomic mass is 9.97. The maximum absolute atomic E-state index is 12.3. The number of likely N-dealkylation sites (tertiary alicyclic amines) is 1. The summed E-state index contributed by atoms with van der Waals surface area (Å²) in [7, 11) is 0. The standard InChI is InChI=1S/C18H25ClN2O3/c1-13(2)10-20-18(23)14-4-3-9-21(11-14)17(22)12-24-16-7-5-15(19)6-8-16/h5-8,13-14H,3-4,9-12H2,1-2H3,(H,20,23). The highest BCUT2D eigenvalue weighted by Crippen LogP contribution is 2.18. The maximum atomic E-state index is 12.3. The van der Waals surface area contributed by atoms with Crippen molar-refractivity contribution >= 4 is 23.4 Å². The largest absolute Gasteiger partial charge is 0.484 e. The van der Waals surface area contributed by atoms with E-state index in [0.717, 1.165) is 12.8 Å². The molecule has 1 aliphatic rings. The average molecular weight is 353 g/mol. The monoisotopic (exact) mass is 352 g/mol. The van der Waals surface area contributed by atoms with Crippen LogP contribution in [0.1, 0.15) is 26.7 Å². The summed E-state index contributed by atoms with van der Waals surface area (Å²) in [6.07, 6.45) is 1.66. The second kappa shape index (κ2) is 8.92. The van der Waals surface area contributed by atoms with Crippen molar-refractivity contribution in [2.75, 3.05) is 26.2 Å². The summed E-state index contributed by atoms with van der Waals surface area (Å²) in [6.45, 7) is 5.91. The number of nitrogens with zero attached hydrogens (tertiary/aromatic N) is 1. The van der Waals surface area contributed by atoms with Crippen LogP contribution in [0.15, 0.2) is 24.3 Å². The predicted molar refractivity (Wildman–Crippen MR) is 94.1 cm³/mol. The van der Waals surface area contributed by atoms with Crippen molar-refractivity contribution in [3.63, 3.8) is 0 Å². The molecule has 1 saturated heterocycles. The van der Waals surface area contributed by atoms with Crippen LogP contribution >= 0.6 is 11.6 Å². The van der Waals surface area contributed by atoms with E-state index in [9.17, 15) is 9.59 Å². The van der Waals surface area contributed by atoms with Crippen LogP contribution in [0.2, 0.25) is 5.02 Å². The summed E-state index contributed by atoms with van der Waals surface area (Å²) in [5, 5.41) is 3.58. The van der Waals surface area contributed by atoms with Gasteiger partial charge in [0.1, 0.15) is 5.75 Å². The lowest BCUT2D eigenvalue weighted by molar-refractivity contribution is -0.137. The van der Waals surface area contributed by atoms with Gasteiger partial charge in [0.2, 0.25) is 5.91 Å². The molecular weight excluding hydrogens is 328 g/mol. The fourth-order valence-electron chi connectivity index (χ4n) is 2.63. The van der Waals surface area contributed by atoms with Crippen molar-refractivity contribution in [1.29, 1.82) is 0 Å². The molecule has 0 aliphatic carbocycles. The summed E-state index contributed by atoms with van der Waals surface area (Å²) in [6, 6.07) is 6.90. The quantitative estimate of drug-likeness (QED) is 0.856. The Balaban J connectivity index is 1.81. The Hall–Kier alpha value is -1.75. The topological polar surface area (TPSA) is 58.6 Å². The first-order valence-corrected chi connectivity index (χ1v) is 8.77. The van der Waals surface area contributed by atoms with Crippen molar-refractivity contribution in [2.24, 2.45) is 11.8 Å². The number of benzene rings is 1. The molecule has 2 rings (SSSR count). The number of nitrogens with one attached hydrogen (secondary N) is 1. The van der Waals surface area contributed by atoms with Gasteiger partial charge >= 0.3 is 0 Å². The first-order chi connectivity index (χ1) is 11.5. The third kappa shape index (κ3) is 5.71. The van der Waals surface area contributed by atoms with Crippen LogP contribution in [-0.4, -0.2) is 43.0 Å². The number of hydrogen-bond donors (Lipinski definition) is 1. The molecule has 1 N–H and O–H groups in total. The van der Waals surface area contributed by atoms with E-state index in [1.165, 1.54) is 0 Å². The maximum Gasteiger partial charge on any atom is 0.260 e. The Morgan fingerprint density at radius 1 is 1.33 bits per heavy atom. The van der Waals surface area contributed by atoms with Gasteiger partial charge in [-0.15, -0.1) is 0 Å². The molecule has 1 heterocycles. The second-order valence-electron chi connectivity index (χ2n) is 6.56. The van der Waals surface area contributed by atoms with Gasteiger partial charge in [0, 0.05) is 24.7 Å². The van der Waals surface area contributed by atoms with Gasteiger partial charge in [-0.2, -0.15) is 0 Å². The molecular formula is C18H25ClN2O3. The molecule has 132 valence electrons. The van der Waals surface area contributed by atoms with E-state index in [2.05, 4.69) is 19.2 Å². The molecule has 1 aromatic rings. The van der Waals surface area contributed by atoms with Gasteiger partial charge in [0.15, 0.2) is 6.61 Å². The van der Waals surface area contributed by atoms with Crippen LogP contribution in [0, 0.1) is 11.8 Å². The van der Waals surface area contributed by atoms with E-state index in [4.69, 9.17) is 16.3 Å². The molecule has 1 unspecified atom stereocenters. The van der Waals surface area contributed by atoms with Crippen LogP contribution in [0.3, 0.4) is 0 Å². The van der Waals surface area contributed by atoms with Gasteiger partial charge in [0.25, 0.3) is 5.91 Å². The van der Waals surface area contributed by atoms with Crippen molar-refractivity contribution in [3.8, 4) is 5.75 Å². The average Bonchev–Trinajstić information content (AvgIpc) is 2.59. The fourth-order valence-corrected chi connectivity index (χ4v) is 2.76. The fraction of sp³-hybridized carbons (Fsp3) is 0.556. The molecule has 2 amide bonds. The highest BCUT2D eigenvalue weighted by molar-refractivity contribution is 6.30. The highest BCUT2D eigenvalue weighted by Gasteiger charge is 2.28. The number of carbonyl (C=O) groups excluding carboxylic acids is 2. The second-order valence-corrected chi connectivity index (χ2v) is 7.00. The predicted octanol–water partition coefficient (Wildman–Crippen LogP) is 2.73. The summed E-state index contributed by atoms with van der Waals surface area (Å²) >= 11 is 5.82. The Kier molecular flexibility index (Phi) is 6.91. The number of ether oxygens (including phenoxy) is 1. The van der Waals surface area contributed by atoms with Crippen LogP contribution in [0.4, 0.5) is 0 Å². The molecule has 0 aromatic heterocycles. The molecule has 6 heteroatoms. The zero-order valence-electron chi connectivity index (χ0n) is 14.3. The smallest absolute Gasteiger partial charge is 0.260 e. The first kappa shape index (κ1) is 18.6. The van der Waals surface area contributed by atoms with Crippen molar-refractivity contribution < 1.29 is 14.3 Å². The SMILES string of the molecule is CC(C)CNC(=O)C1CCCN(C(=O)COc2ccc(Cl)cc2)C1. The minimum absolute atomic E-state index is 0.0258. The normalized spacial score (nSPS) is 17.7. The van der Waals surface area contributed by atoms with Gasteiger partial charge in [-0.1, -0.05) is 25.4 Å². The van der Waals surface area contributed by atoms with Gasteiger partial charge in [-0.25, -0.2) is 0 Å². The first-order valence-electron chi connectivity index (χ1n) is 8.39. The molecule has 0 bridgehead atoms. The van der Waals surface area contributed by atoms with Crippen LogP contribution < -0.4 is 10.1 Å². The minimum Gasteiger partial charge on any atom is -0.484 e. The number of amides is 2. The van der Waals surface area contributed by atoms with Crippen LogP contribution in [0.5, 0.6) is 5.75 Å². The van der Waals surface area contributed by atoms with Crippen LogP contribution in [0.25, 0.3) is 0 Å². The molecule has 1 atom stereocenters. The molecule has 0 saturated carbocycles. The Morgan fingerprint density at radius 2 is 2.04 bits per heavy atom. The van der Waals surface area contributed by atoms with E-state index in [1.54, 1.807) is 29.2 Å². The molecule has 1 fully saturated rings. The lowest BCUT2D eigenvalue weighted by Crippen LogP contribution is -2.47. The van der Waals surface area contributed by atoms with E-state index in [0.29, 0.717) is 36.3 Å². The van der Waals surface area contributed by atoms with E-state index < -0.39 is 0 Å². The van der Waals surface area contributed by atoms with Gasteiger partial charge in [-0.05, 0) is 43.0 Å². The van der Waals surface area contributed by atoms with E-state index >= 15 is 0 Å².